The lowest BCUT2D eigenvalue weighted by Crippen LogP contribution is -2.50. The van der Waals surface area contributed by atoms with E-state index >= 15 is 0 Å². The highest BCUT2D eigenvalue weighted by Crippen LogP contribution is 2.39. The molecule has 0 saturated heterocycles. The van der Waals surface area contributed by atoms with Crippen molar-refractivity contribution in [3.8, 4) is 0 Å². The average molecular weight is 278 g/mol. The zero-order valence-electron chi connectivity index (χ0n) is 11.8. The molecule has 0 aliphatic heterocycles. The first kappa shape index (κ1) is 15.9. The van der Waals surface area contributed by atoms with E-state index in [1.807, 2.05) is 0 Å². The summed E-state index contributed by atoms with van der Waals surface area (Å²) in [5.41, 5.74) is -0.650. The molecule has 0 radical (unpaired) electrons. The van der Waals surface area contributed by atoms with E-state index in [2.05, 4.69) is 23.3 Å². The van der Waals surface area contributed by atoms with Crippen molar-refractivity contribution < 1.29 is 13.5 Å². The minimum Gasteiger partial charge on any atom is -0.389 e. The van der Waals surface area contributed by atoms with Crippen molar-refractivity contribution >= 4 is 10.2 Å². The summed E-state index contributed by atoms with van der Waals surface area (Å²) >= 11 is 0. The Morgan fingerprint density at radius 1 is 1.17 bits per heavy atom. The predicted octanol–water partition coefficient (Wildman–Crippen LogP) is 1.15. The van der Waals surface area contributed by atoms with Crippen LogP contribution < -0.4 is 9.44 Å². The maximum Gasteiger partial charge on any atom is 0.277 e. The SMILES string of the molecule is CC(C)NS(=O)(=O)NCC1(O)CCC(C)(C)CC1. The zero-order chi connectivity index (χ0) is 14.0. The smallest absolute Gasteiger partial charge is 0.277 e. The number of rotatable bonds is 5. The second-order valence-corrected chi connectivity index (χ2v) is 8.02. The highest BCUT2D eigenvalue weighted by molar-refractivity contribution is 7.87. The van der Waals surface area contributed by atoms with Gasteiger partial charge in [0.15, 0.2) is 0 Å². The number of hydrogen-bond donors (Lipinski definition) is 3. The second kappa shape index (κ2) is 5.45. The average Bonchev–Trinajstić information content (AvgIpc) is 2.19. The maximum absolute atomic E-state index is 11.6. The molecule has 6 heteroatoms. The standard InChI is InChI=1S/C12H26N2O3S/c1-10(2)14-18(16,17)13-9-12(15)7-5-11(3,4)6-8-12/h10,13-15H,5-9H2,1-4H3. The van der Waals surface area contributed by atoms with Gasteiger partial charge in [-0.25, -0.2) is 0 Å². The topological polar surface area (TPSA) is 78.4 Å². The Hall–Kier alpha value is -0.170. The number of hydrogen-bond acceptors (Lipinski definition) is 3. The lowest BCUT2D eigenvalue weighted by molar-refractivity contribution is -0.0206. The van der Waals surface area contributed by atoms with E-state index in [4.69, 9.17) is 0 Å². The molecule has 0 heterocycles. The van der Waals surface area contributed by atoms with Gasteiger partial charge < -0.3 is 5.11 Å². The molecule has 1 rings (SSSR count). The van der Waals surface area contributed by atoms with E-state index in [0.717, 1.165) is 12.8 Å². The van der Waals surface area contributed by atoms with Crippen LogP contribution in [-0.4, -0.2) is 31.7 Å². The Labute approximate surface area is 111 Å². The molecule has 0 bridgehead atoms. The van der Waals surface area contributed by atoms with Crippen LogP contribution in [0.1, 0.15) is 53.4 Å². The summed E-state index contributed by atoms with van der Waals surface area (Å²) in [6.45, 7) is 7.97. The molecule has 0 unspecified atom stereocenters. The molecule has 0 amide bonds. The third kappa shape index (κ3) is 5.22. The fourth-order valence-corrected chi connectivity index (χ4v) is 3.31. The van der Waals surface area contributed by atoms with Crippen molar-refractivity contribution in [2.75, 3.05) is 6.54 Å². The van der Waals surface area contributed by atoms with Crippen LogP contribution >= 0.6 is 0 Å². The van der Waals surface area contributed by atoms with Crippen LogP contribution in [-0.2, 0) is 10.2 Å². The van der Waals surface area contributed by atoms with Gasteiger partial charge in [-0.15, -0.1) is 0 Å². The minimum absolute atomic E-state index is 0.0884. The van der Waals surface area contributed by atoms with E-state index in [1.54, 1.807) is 13.8 Å². The van der Waals surface area contributed by atoms with Crippen molar-refractivity contribution in [1.82, 2.24) is 9.44 Å². The van der Waals surface area contributed by atoms with Gasteiger partial charge in [0.2, 0.25) is 0 Å². The molecule has 5 nitrogen and oxygen atoms in total. The first-order valence-electron chi connectivity index (χ1n) is 6.53. The van der Waals surface area contributed by atoms with E-state index in [1.165, 1.54) is 0 Å². The largest absolute Gasteiger partial charge is 0.389 e. The third-order valence-corrected chi connectivity index (χ3v) is 4.82. The van der Waals surface area contributed by atoms with Crippen molar-refractivity contribution in [2.45, 2.75) is 65.0 Å². The highest BCUT2D eigenvalue weighted by atomic mass is 32.2. The van der Waals surface area contributed by atoms with Gasteiger partial charge in [0, 0.05) is 12.6 Å². The lowest BCUT2D eigenvalue weighted by Gasteiger charge is -2.40. The van der Waals surface area contributed by atoms with Gasteiger partial charge in [-0.1, -0.05) is 13.8 Å². The summed E-state index contributed by atoms with van der Waals surface area (Å²) in [6, 6.07) is -0.151. The first-order valence-corrected chi connectivity index (χ1v) is 8.01. The van der Waals surface area contributed by atoms with E-state index in [-0.39, 0.29) is 18.0 Å². The van der Waals surface area contributed by atoms with Gasteiger partial charge in [-0.05, 0) is 44.9 Å². The summed E-state index contributed by atoms with van der Waals surface area (Å²) in [5.74, 6) is 0. The van der Waals surface area contributed by atoms with Gasteiger partial charge in [-0.2, -0.15) is 17.9 Å². The predicted molar refractivity (Wildman–Crippen MR) is 72.4 cm³/mol. The van der Waals surface area contributed by atoms with Gasteiger partial charge in [0.1, 0.15) is 0 Å². The molecule has 108 valence electrons. The van der Waals surface area contributed by atoms with Crippen LogP contribution in [0.5, 0.6) is 0 Å². The maximum atomic E-state index is 11.6. The molecule has 0 aromatic heterocycles. The summed E-state index contributed by atoms with van der Waals surface area (Å²) < 4.78 is 28.1. The summed E-state index contributed by atoms with van der Waals surface area (Å²) in [7, 11) is -3.51. The molecule has 1 aliphatic carbocycles. The first-order chi connectivity index (χ1) is 8.04. The molecule has 0 aromatic carbocycles. The molecule has 3 N–H and O–H groups in total. The normalized spacial score (nSPS) is 23.2. The van der Waals surface area contributed by atoms with E-state index < -0.39 is 15.8 Å². The lowest BCUT2D eigenvalue weighted by atomic mass is 9.71. The quantitative estimate of drug-likeness (QED) is 0.706. The molecule has 18 heavy (non-hydrogen) atoms. The molecular weight excluding hydrogens is 252 g/mol. The van der Waals surface area contributed by atoms with Gasteiger partial charge >= 0.3 is 0 Å². The van der Waals surface area contributed by atoms with Crippen LogP contribution in [0.15, 0.2) is 0 Å². The van der Waals surface area contributed by atoms with Crippen LogP contribution in [0.2, 0.25) is 0 Å². The van der Waals surface area contributed by atoms with Crippen molar-refractivity contribution in [3.63, 3.8) is 0 Å². The molecule has 0 spiro atoms. The molecule has 0 atom stereocenters. The fourth-order valence-electron chi connectivity index (χ4n) is 2.15. The Morgan fingerprint density at radius 3 is 2.11 bits per heavy atom. The van der Waals surface area contributed by atoms with Crippen LogP contribution in [0.4, 0.5) is 0 Å². The monoisotopic (exact) mass is 278 g/mol. The Morgan fingerprint density at radius 2 is 1.67 bits per heavy atom. The van der Waals surface area contributed by atoms with Crippen molar-refractivity contribution in [3.05, 3.63) is 0 Å². The summed E-state index contributed by atoms with van der Waals surface area (Å²) in [4.78, 5) is 0. The molecule has 1 saturated carbocycles. The zero-order valence-corrected chi connectivity index (χ0v) is 12.6. The molecule has 1 aliphatic rings. The van der Waals surface area contributed by atoms with Gasteiger partial charge in [0.05, 0.1) is 5.60 Å². The molecular formula is C12H26N2O3S. The Bertz CT molecular complexity index is 367. The van der Waals surface area contributed by atoms with Crippen LogP contribution in [0.25, 0.3) is 0 Å². The Balaban J connectivity index is 2.49. The van der Waals surface area contributed by atoms with Crippen LogP contribution in [0, 0.1) is 5.41 Å². The second-order valence-electron chi connectivity index (χ2n) is 6.49. The third-order valence-electron chi connectivity index (χ3n) is 3.52. The summed E-state index contributed by atoms with van der Waals surface area (Å²) in [6.07, 6.45) is 3.13. The van der Waals surface area contributed by atoms with Crippen LogP contribution in [0.3, 0.4) is 0 Å². The van der Waals surface area contributed by atoms with E-state index in [9.17, 15) is 13.5 Å². The summed E-state index contributed by atoms with van der Waals surface area (Å²) in [5, 5.41) is 10.3. The highest BCUT2D eigenvalue weighted by Gasteiger charge is 2.37. The molecule has 0 aromatic rings. The minimum atomic E-state index is -3.51. The van der Waals surface area contributed by atoms with Gasteiger partial charge in [0.25, 0.3) is 10.2 Å². The fraction of sp³-hybridized carbons (Fsp3) is 1.00. The molecule has 1 fully saturated rings. The Kier molecular flexibility index (Phi) is 4.81. The van der Waals surface area contributed by atoms with Crippen molar-refractivity contribution in [2.24, 2.45) is 5.41 Å². The van der Waals surface area contributed by atoms with Crippen molar-refractivity contribution in [1.29, 1.82) is 0 Å². The number of nitrogens with one attached hydrogen (secondary N) is 2. The van der Waals surface area contributed by atoms with E-state index in [0.29, 0.717) is 12.8 Å². The number of aliphatic hydroxyl groups is 1. The van der Waals surface area contributed by atoms with Gasteiger partial charge in [-0.3, -0.25) is 0 Å².